The Balaban J connectivity index is 2.09. The first-order valence-corrected chi connectivity index (χ1v) is 6.68. The number of aromatic nitrogens is 2. The largest absolute Gasteiger partial charge is 0.391 e. The fraction of sp³-hybridized carbons (Fsp3) is 0.500. The molecular formula is C14H19N3O. The monoisotopic (exact) mass is 245 g/mol. The van der Waals surface area contributed by atoms with Crippen LogP contribution in [0.25, 0.3) is 11.0 Å². The Morgan fingerprint density at radius 3 is 2.83 bits per heavy atom. The van der Waals surface area contributed by atoms with Crippen LogP contribution in [0.15, 0.2) is 24.3 Å². The molecule has 1 aromatic heterocycles. The highest BCUT2D eigenvalue weighted by Gasteiger charge is 2.26. The maximum atomic E-state index is 10.3. The van der Waals surface area contributed by atoms with Crippen LogP contribution in [0.1, 0.15) is 38.1 Å². The van der Waals surface area contributed by atoms with Crippen LogP contribution in [-0.2, 0) is 0 Å². The van der Waals surface area contributed by atoms with Crippen LogP contribution in [0.3, 0.4) is 0 Å². The number of nitrogen functional groups attached to an aromatic ring is 1. The Kier molecular flexibility index (Phi) is 2.96. The van der Waals surface area contributed by atoms with Crippen LogP contribution >= 0.6 is 0 Å². The zero-order valence-electron chi connectivity index (χ0n) is 10.4. The third-order valence-corrected chi connectivity index (χ3v) is 3.90. The number of rotatable bonds is 1. The SMILES string of the molecule is Nc1nc2ccccc2n1C1CCCCCC1O. The number of anilines is 1. The molecule has 4 nitrogen and oxygen atoms in total. The average Bonchev–Trinajstić information content (AvgIpc) is 2.55. The van der Waals surface area contributed by atoms with E-state index < -0.39 is 0 Å². The average molecular weight is 245 g/mol. The summed E-state index contributed by atoms with van der Waals surface area (Å²) in [6.45, 7) is 0. The standard InChI is InChI=1S/C14H19N3O/c15-14-16-10-6-4-5-7-11(10)17(14)12-8-2-1-3-9-13(12)18/h4-7,12-13,18H,1-3,8-9H2,(H2,15,16). The Hall–Kier alpha value is -1.55. The molecule has 96 valence electrons. The molecule has 1 heterocycles. The van der Waals surface area contributed by atoms with E-state index in [2.05, 4.69) is 4.98 Å². The van der Waals surface area contributed by atoms with Gasteiger partial charge in [-0.25, -0.2) is 4.98 Å². The first-order chi connectivity index (χ1) is 8.77. The first-order valence-electron chi connectivity index (χ1n) is 6.68. The van der Waals surface area contributed by atoms with Crippen LogP contribution in [-0.4, -0.2) is 20.8 Å². The van der Waals surface area contributed by atoms with Gasteiger partial charge in [-0.2, -0.15) is 0 Å². The number of para-hydroxylation sites is 2. The number of aliphatic hydroxyl groups is 1. The molecule has 18 heavy (non-hydrogen) atoms. The summed E-state index contributed by atoms with van der Waals surface area (Å²) in [5.41, 5.74) is 7.98. The van der Waals surface area contributed by atoms with Crippen molar-refractivity contribution in [2.45, 2.75) is 44.2 Å². The van der Waals surface area contributed by atoms with E-state index >= 15 is 0 Å². The molecule has 2 unspecified atom stereocenters. The van der Waals surface area contributed by atoms with Gasteiger partial charge in [-0.3, -0.25) is 0 Å². The smallest absolute Gasteiger partial charge is 0.201 e. The number of nitrogens with zero attached hydrogens (tertiary/aromatic N) is 2. The Morgan fingerprint density at radius 2 is 1.94 bits per heavy atom. The fourth-order valence-electron chi connectivity index (χ4n) is 2.98. The van der Waals surface area contributed by atoms with Gasteiger partial charge in [0.05, 0.1) is 23.2 Å². The van der Waals surface area contributed by atoms with Gasteiger partial charge in [0.1, 0.15) is 0 Å². The number of nitrogens with two attached hydrogens (primary N) is 1. The highest BCUT2D eigenvalue weighted by molar-refractivity contribution is 5.78. The van der Waals surface area contributed by atoms with Gasteiger partial charge < -0.3 is 15.4 Å². The summed E-state index contributed by atoms with van der Waals surface area (Å²) < 4.78 is 2.02. The lowest BCUT2D eigenvalue weighted by Gasteiger charge is -2.23. The predicted octanol–water partition coefficient (Wildman–Crippen LogP) is 2.48. The highest BCUT2D eigenvalue weighted by atomic mass is 16.3. The number of imidazole rings is 1. The van der Waals surface area contributed by atoms with Gasteiger partial charge in [0, 0.05) is 0 Å². The third-order valence-electron chi connectivity index (χ3n) is 3.90. The molecule has 1 aliphatic carbocycles. The van der Waals surface area contributed by atoms with Crippen molar-refractivity contribution in [2.24, 2.45) is 0 Å². The van der Waals surface area contributed by atoms with Crippen molar-refractivity contribution in [3.8, 4) is 0 Å². The molecule has 1 saturated carbocycles. The minimum Gasteiger partial charge on any atom is -0.391 e. The topological polar surface area (TPSA) is 64.1 Å². The molecule has 0 aliphatic heterocycles. The second-order valence-corrected chi connectivity index (χ2v) is 5.10. The summed E-state index contributed by atoms with van der Waals surface area (Å²) in [7, 11) is 0. The highest BCUT2D eigenvalue weighted by Crippen LogP contribution is 2.32. The van der Waals surface area contributed by atoms with E-state index in [1.165, 1.54) is 6.42 Å². The molecule has 0 radical (unpaired) electrons. The molecule has 0 saturated heterocycles. The van der Waals surface area contributed by atoms with Gasteiger partial charge in [-0.05, 0) is 25.0 Å². The number of fused-ring (bicyclic) bond motifs is 1. The van der Waals surface area contributed by atoms with Crippen molar-refractivity contribution in [1.82, 2.24) is 9.55 Å². The lowest BCUT2D eigenvalue weighted by molar-refractivity contribution is 0.108. The molecule has 1 aromatic carbocycles. The van der Waals surface area contributed by atoms with Crippen LogP contribution in [0.5, 0.6) is 0 Å². The van der Waals surface area contributed by atoms with Crippen molar-refractivity contribution in [3.05, 3.63) is 24.3 Å². The number of aliphatic hydroxyl groups excluding tert-OH is 1. The molecule has 3 N–H and O–H groups in total. The van der Waals surface area contributed by atoms with Crippen molar-refractivity contribution in [2.75, 3.05) is 5.73 Å². The summed E-state index contributed by atoms with van der Waals surface area (Å²) in [5.74, 6) is 0.516. The molecule has 0 spiro atoms. The molecular weight excluding hydrogens is 226 g/mol. The summed E-state index contributed by atoms with van der Waals surface area (Å²) in [5, 5.41) is 10.3. The summed E-state index contributed by atoms with van der Waals surface area (Å²) in [6.07, 6.45) is 4.97. The fourth-order valence-corrected chi connectivity index (χ4v) is 2.98. The van der Waals surface area contributed by atoms with E-state index in [0.717, 1.165) is 36.7 Å². The Bertz CT molecular complexity index is 549. The van der Waals surface area contributed by atoms with Crippen molar-refractivity contribution in [3.63, 3.8) is 0 Å². The predicted molar refractivity (Wildman–Crippen MR) is 72.3 cm³/mol. The van der Waals surface area contributed by atoms with Crippen LogP contribution in [0.4, 0.5) is 5.95 Å². The first kappa shape index (κ1) is 11.5. The van der Waals surface area contributed by atoms with Gasteiger partial charge in [-0.15, -0.1) is 0 Å². The van der Waals surface area contributed by atoms with Crippen LogP contribution < -0.4 is 5.73 Å². The van der Waals surface area contributed by atoms with Crippen molar-refractivity contribution < 1.29 is 5.11 Å². The van der Waals surface area contributed by atoms with Gasteiger partial charge in [0.25, 0.3) is 0 Å². The minimum absolute atomic E-state index is 0.0694. The van der Waals surface area contributed by atoms with Crippen molar-refractivity contribution >= 4 is 17.0 Å². The second kappa shape index (κ2) is 4.61. The maximum Gasteiger partial charge on any atom is 0.201 e. The minimum atomic E-state index is -0.313. The van der Waals surface area contributed by atoms with E-state index in [9.17, 15) is 5.11 Å². The molecule has 4 heteroatoms. The third kappa shape index (κ3) is 1.86. The van der Waals surface area contributed by atoms with Gasteiger partial charge in [-0.1, -0.05) is 31.4 Å². The van der Waals surface area contributed by atoms with Gasteiger partial charge in [0.15, 0.2) is 0 Å². The van der Waals surface area contributed by atoms with E-state index in [-0.39, 0.29) is 12.1 Å². The Labute approximate surface area is 106 Å². The molecule has 2 aromatic rings. The van der Waals surface area contributed by atoms with E-state index in [4.69, 9.17) is 5.73 Å². The zero-order valence-corrected chi connectivity index (χ0v) is 10.4. The van der Waals surface area contributed by atoms with Gasteiger partial charge in [0.2, 0.25) is 5.95 Å². The van der Waals surface area contributed by atoms with Crippen molar-refractivity contribution in [1.29, 1.82) is 0 Å². The van der Waals surface area contributed by atoms with E-state index in [1.807, 2.05) is 28.8 Å². The zero-order chi connectivity index (χ0) is 12.5. The molecule has 0 amide bonds. The van der Waals surface area contributed by atoms with E-state index in [1.54, 1.807) is 0 Å². The lowest BCUT2D eigenvalue weighted by atomic mass is 10.1. The van der Waals surface area contributed by atoms with E-state index in [0.29, 0.717) is 5.95 Å². The van der Waals surface area contributed by atoms with Crippen LogP contribution in [0.2, 0.25) is 0 Å². The van der Waals surface area contributed by atoms with Gasteiger partial charge >= 0.3 is 0 Å². The molecule has 0 bridgehead atoms. The number of hydrogen-bond acceptors (Lipinski definition) is 3. The van der Waals surface area contributed by atoms with Crippen LogP contribution in [0, 0.1) is 0 Å². The summed E-state index contributed by atoms with van der Waals surface area (Å²) in [6, 6.07) is 8.01. The maximum absolute atomic E-state index is 10.3. The Morgan fingerprint density at radius 1 is 1.17 bits per heavy atom. The summed E-state index contributed by atoms with van der Waals surface area (Å²) in [4.78, 5) is 4.38. The second-order valence-electron chi connectivity index (χ2n) is 5.10. The molecule has 2 atom stereocenters. The molecule has 1 fully saturated rings. The molecule has 1 aliphatic rings. The lowest BCUT2D eigenvalue weighted by Crippen LogP contribution is -2.24. The summed E-state index contributed by atoms with van der Waals surface area (Å²) >= 11 is 0. The quantitative estimate of drug-likeness (QED) is 0.759. The molecule has 3 rings (SSSR count). The number of benzene rings is 1. The normalized spacial score (nSPS) is 25.2. The number of hydrogen-bond donors (Lipinski definition) is 2.